The predicted molar refractivity (Wildman–Crippen MR) is 148 cm³/mol. The molecular formula is C30H33NO7S. The van der Waals surface area contributed by atoms with Crippen LogP contribution in [0.25, 0.3) is 11.1 Å². The molecule has 1 atom stereocenters. The molecule has 1 N–H and O–H groups in total. The van der Waals surface area contributed by atoms with Gasteiger partial charge in [-0.05, 0) is 66.1 Å². The van der Waals surface area contributed by atoms with Crippen LogP contribution in [0.3, 0.4) is 0 Å². The maximum Gasteiger partial charge on any atom is 0.407 e. The molecule has 1 aliphatic rings. The summed E-state index contributed by atoms with van der Waals surface area (Å²) in [4.78, 5) is 25.1. The zero-order valence-corrected chi connectivity index (χ0v) is 23.1. The van der Waals surface area contributed by atoms with E-state index >= 15 is 0 Å². The minimum absolute atomic E-state index is 0.0485. The lowest BCUT2D eigenvalue weighted by Crippen LogP contribution is -2.33. The van der Waals surface area contributed by atoms with Crippen molar-refractivity contribution in [2.24, 2.45) is 5.92 Å². The Balaban J connectivity index is 1.37. The first-order valence-electron chi connectivity index (χ1n) is 12.9. The minimum atomic E-state index is -3.63. The van der Waals surface area contributed by atoms with Crippen molar-refractivity contribution in [1.82, 2.24) is 5.32 Å². The molecule has 0 heterocycles. The summed E-state index contributed by atoms with van der Waals surface area (Å²) < 4.78 is 38.5. The Labute approximate surface area is 229 Å². The first-order chi connectivity index (χ1) is 18.6. The fourth-order valence-electron chi connectivity index (χ4n) is 4.83. The highest BCUT2D eigenvalue weighted by Crippen LogP contribution is 2.44. The lowest BCUT2D eigenvalue weighted by atomic mass is 9.96. The smallest absolute Gasteiger partial charge is 0.407 e. The monoisotopic (exact) mass is 551 g/mol. The van der Waals surface area contributed by atoms with Crippen LogP contribution in [0, 0.1) is 5.92 Å². The van der Waals surface area contributed by atoms with Crippen molar-refractivity contribution < 1.29 is 31.7 Å². The number of benzene rings is 3. The van der Waals surface area contributed by atoms with Crippen LogP contribution < -0.4 is 9.50 Å². The summed E-state index contributed by atoms with van der Waals surface area (Å²) in [5, 5.41) is 2.80. The van der Waals surface area contributed by atoms with E-state index in [0.29, 0.717) is 6.42 Å². The molecule has 0 aromatic heterocycles. The number of hydrogen-bond donors (Lipinski definition) is 1. The van der Waals surface area contributed by atoms with Crippen molar-refractivity contribution in [3.63, 3.8) is 0 Å². The standard InChI is InChI=1S/C30H33NO7S/c1-20(2)37-29(32)17-22(16-21-12-14-23(15-13-21)38-39(3,34)35)18-31-30(33)36-19-28-26-10-6-4-8-24(26)25-9-5-7-11-27(25)28/h4-15,20,22,28H,16-19H2,1-3H3,(H,31,33). The second kappa shape index (κ2) is 12.3. The van der Waals surface area contributed by atoms with Crippen molar-refractivity contribution in [3.8, 4) is 16.9 Å². The predicted octanol–water partition coefficient (Wildman–Crippen LogP) is 5.06. The van der Waals surface area contributed by atoms with Crippen molar-refractivity contribution >= 4 is 22.2 Å². The molecule has 3 aromatic carbocycles. The molecule has 0 saturated heterocycles. The van der Waals surface area contributed by atoms with Crippen molar-refractivity contribution in [1.29, 1.82) is 0 Å². The van der Waals surface area contributed by atoms with E-state index in [4.69, 9.17) is 13.7 Å². The molecule has 0 saturated carbocycles. The number of ether oxygens (including phenoxy) is 2. The quantitative estimate of drug-likeness (QED) is 0.262. The van der Waals surface area contributed by atoms with Crippen LogP contribution in [0.2, 0.25) is 0 Å². The highest BCUT2D eigenvalue weighted by Gasteiger charge is 2.29. The first-order valence-corrected chi connectivity index (χ1v) is 14.7. The Bertz CT molecular complexity index is 1370. The molecule has 0 bridgehead atoms. The molecule has 0 fully saturated rings. The van der Waals surface area contributed by atoms with Gasteiger partial charge < -0.3 is 19.0 Å². The second-order valence-corrected chi connectivity index (χ2v) is 11.5. The Morgan fingerprint density at radius 2 is 1.49 bits per heavy atom. The van der Waals surface area contributed by atoms with E-state index in [1.807, 2.05) is 24.3 Å². The number of rotatable bonds is 11. The van der Waals surface area contributed by atoms with Gasteiger partial charge in [-0.25, -0.2) is 4.79 Å². The average Bonchev–Trinajstić information content (AvgIpc) is 3.19. The molecule has 39 heavy (non-hydrogen) atoms. The topological polar surface area (TPSA) is 108 Å². The van der Waals surface area contributed by atoms with Gasteiger partial charge >= 0.3 is 22.2 Å². The SMILES string of the molecule is CC(C)OC(=O)CC(CNC(=O)OCC1c2ccccc2-c2ccccc21)Cc1ccc(OS(C)(=O)=O)cc1. The summed E-state index contributed by atoms with van der Waals surface area (Å²) in [6.45, 7) is 3.96. The Kier molecular flexibility index (Phi) is 8.91. The van der Waals surface area contributed by atoms with Crippen LogP contribution in [0.15, 0.2) is 72.8 Å². The number of nitrogens with one attached hydrogen (secondary N) is 1. The molecule has 0 aliphatic heterocycles. The van der Waals surface area contributed by atoms with Gasteiger partial charge in [0.15, 0.2) is 0 Å². The number of hydrogen-bond acceptors (Lipinski definition) is 7. The number of amides is 1. The molecule has 3 aromatic rings. The van der Waals surface area contributed by atoms with E-state index in [2.05, 4.69) is 29.6 Å². The van der Waals surface area contributed by atoms with Gasteiger partial charge in [0.1, 0.15) is 12.4 Å². The highest BCUT2D eigenvalue weighted by atomic mass is 32.2. The Hall–Kier alpha value is -3.85. The average molecular weight is 552 g/mol. The van der Waals surface area contributed by atoms with Crippen LogP contribution >= 0.6 is 0 Å². The van der Waals surface area contributed by atoms with Gasteiger partial charge in [0.25, 0.3) is 0 Å². The molecule has 0 radical (unpaired) electrons. The fraction of sp³-hybridized carbons (Fsp3) is 0.333. The largest absolute Gasteiger partial charge is 0.463 e. The molecule has 206 valence electrons. The maximum absolute atomic E-state index is 12.7. The van der Waals surface area contributed by atoms with Crippen LogP contribution in [-0.2, 0) is 30.8 Å². The number of carbonyl (C=O) groups excluding carboxylic acids is 2. The van der Waals surface area contributed by atoms with E-state index in [-0.39, 0.29) is 49.2 Å². The highest BCUT2D eigenvalue weighted by molar-refractivity contribution is 7.86. The van der Waals surface area contributed by atoms with Crippen LogP contribution in [-0.4, -0.2) is 46.0 Å². The van der Waals surface area contributed by atoms with E-state index in [9.17, 15) is 18.0 Å². The summed E-state index contributed by atoms with van der Waals surface area (Å²) in [6, 6.07) is 22.8. The summed E-state index contributed by atoms with van der Waals surface area (Å²) in [7, 11) is -3.63. The van der Waals surface area contributed by atoms with Crippen molar-refractivity contribution in [2.45, 2.75) is 38.7 Å². The van der Waals surface area contributed by atoms with Gasteiger partial charge in [-0.2, -0.15) is 8.42 Å². The first kappa shape index (κ1) is 28.2. The zero-order chi connectivity index (χ0) is 28.0. The van der Waals surface area contributed by atoms with Gasteiger partial charge in [-0.1, -0.05) is 60.7 Å². The van der Waals surface area contributed by atoms with E-state index in [0.717, 1.165) is 34.1 Å². The van der Waals surface area contributed by atoms with Gasteiger partial charge in [-0.3, -0.25) is 4.79 Å². The van der Waals surface area contributed by atoms with Crippen LogP contribution in [0.1, 0.15) is 42.9 Å². The van der Waals surface area contributed by atoms with Crippen LogP contribution in [0.4, 0.5) is 4.79 Å². The molecule has 0 spiro atoms. The van der Waals surface area contributed by atoms with E-state index in [1.165, 1.54) is 0 Å². The van der Waals surface area contributed by atoms with Crippen molar-refractivity contribution in [3.05, 3.63) is 89.5 Å². The summed E-state index contributed by atoms with van der Waals surface area (Å²) >= 11 is 0. The molecule has 8 nitrogen and oxygen atoms in total. The van der Waals surface area contributed by atoms with Crippen molar-refractivity contribution in [2.75, 3.05) is 19.4 Å². The van der Waals surface area contributed by atoms with Gasteiger partial charge in [0.2, 0.25) is 0 Å². The second-order valence-electron chi connectivity index (χ2n) is 9.95. The summed E-state index contributed by atoms with van der Waals surface area (Å²) in [6.07, 6.45) is 0.725. The zero-order valence-electron chi connectivity index (χ0n) is 22.3. The molecular weight excluding hydrogens is 518 g/mol. The van der Waals surface area contributed by atoms with Gasteiger partial charge in [0.05, 0.1) is 18.8 Å². The maximum atomic E-state index is 12.7. The summed E-state index contributed by atoms with van der Waals surface area (Å²) in [5.41, 5.74) is 5.42. The number of alkyl carbamates (subject to hydrolysis) is 1. The molecule has 1 aliphatic carbocycles. The lowest BCUT2D eigenvalue weighted by Gasteiger charge is -2.19. The molecule has 4 rings (SSSR count). The minimum Gasteiger partial charge on any atom is -0.463 e. The Morgan fingerprint density at radius 3 is 2.05 bits per heavy atom. The number of esters is 1. The Morgan fingerprint density at radius 1 is 0.897 bits per heavy atom. The third-order valence-corrected chi connectivity index (χ3v) is 6.89. The van der Waals surface area contributed by atoms with Gasteiger partial charge in [0, 0.05) is 12.5 Å². The number of fused-ring (bicyclic) bond motifs is 3. The molecule has 9 heteroatoms. The number of carbonyl (C=O) groups is 2. The lowest BCUT2D eigenvalue weighted by molar-refractivity contribution is -0.148. The molecule has 1 amide bonds. The molecule has 1 unspecified atom stereocenters. The summed E-state index contributed by atoms with van der Waals surface area (Å²) in [5.74, 6) is -0.471. The fourth-order valence-corrected chi connectivity index (χ4v) is 5.29. The van der Waals surface area contributed by atoms with Crippen LogP contribution in [0.5, 0.6) is 5.75 Å². The third-order valence-electron chi connectivity index (χ3n) is 6.40. The van der Waals surface area contributed by atoms with E-state index < -0.39 is 16.2 Å². The van der Waals surface area contributed by atoms with Gasteiger partial charge in [-0.15, -0.1) is 0 Å². The normalized spacial score (nSPS) is 13.3. The van der Waals surface area contributed by atoms with E-state index in [1.54, 1.807) is 38.1 Å². The third kappa shape index (κ3) is 7.83.